The molecule has 9 heteroatoms. The topological polar surface area (TPSA) is 117 Å². The lowest BCUT2D eigenvalue weighted by Gasteiger charge is -2.20. The van der Waals surface area contributed by atoms with Gasteiger partial charge in [-0.1, -0.05) is 249 Å². The molecule has 0 aromatic carbocycles. The zero-order chi connectivity index (χ0) is 49.4. The van der Waals surface area contributed by atoms with Crippen LogP contribution in [0.2, 0.25) is 0 Å². The van der Waals surface area contributed by atoms with Crippen molar-refractivity contribution in [3.8, 4) is 0 Å². The molecule has 8 nitrogen and oxygen atoms in total. The standard InChI is InChI=1S/C59H112NO7P/c1-3-5-7-9-11-13-15-17-19-21-23-25-27-28-29-31-33-35-37-39-41-43-45-47-49-51-54-64-56-58(57-66-68(62,63)65-55-53-60)67-59(61)52-50-48-46-44-42-40-38-36-34-32-30-26-24-22-20-18-16-14-12-10-8-6-4-2/h15-18,21-24,58H,3-14,19-20,25-57,60H2,1-2H3,(H,62,63)/b17-15-,18-16-,23-21-,24-22-. The van der Waals surface area contributed by atoms with Crippen molar-refractivity contribution in [3.63, 3.8) is 0 Å². The van der Waals surface area contributed by atoms with Crippen molar-refractivity contribution in [2.45, 2.75) is 290 Å². The summed E-state index contributed by atoms with van der Waals surface area (Å²) < 4.78 is 33.7. The minimum absolute atomic E-state index is 0.0957. The van der Waals surface area contributed by atoms with Crippen molar-refractivity contribution in [2.24, 2.45) is 5.73 Å². The molecule has 0 aromatic heterocycles. The minimum atomic E-state index is -4.29. The van der Waals surface area contributed by atoms with Crippen LogP contribution in [-0.4, -0.2) is 49.9 Å². The molecule has 0 bridgehead atoms. The first-order valence-electron chi connectivity index (χ1n) is 29.1. The van der Waals surface area contributed by atoms with E-state index in [-0.39, 0.29) is 32.3 Å². The number of phosphoric ester groups is 1. The zero-order valence-electron chi connectivity index (χ0n) is 44.9. The van der Waals surface area contributed by atoms with Gasteiger partial charge in [-0.2, -0.15) is 0 Å². The molecule has 0 saturated carbocycles. The summed E-state index contributed by atoms with van der Waals surface area (Å²) in [5, 5.41) is 0. The lowest BCUT2D eigenvalue weighted by atomic mass is 10.0. The Balaban J connectivity index is 3.87. The second-order valence-electron chi connectivity index (χ2n) is 19.5. The Morgan fingerprint density at radius 3 is 1.15 bits per heavy atom. The third kappa shape index (κ3) is 55.4. The molecule has 0 aliphatic carbocycles. The molecule has 400 valence electrons. The molecular formula is C59H112NO7P. The van der Waals surface area contributed by atoms with Gasteiger partial charge in [-0.05, 0) is 77.0 Å². The Morgan fingerprint density at radius 2 is 0.779 bits per heavy atom. The molecule has 0 heterocycles. The SMILES string of the molecule is CCCCCCC/C=C\C/C=C\CCCCCCCCCCCCCCCCOCC(COP(=O)(O)OCCN)OC(=O)CCCCCCCCCCCCC/C=C\C/C=C\CCCCCCC. The molecule has 0 fully saturated rings. The molecule has 0 aromatic rings. The summed E-state index contributed by atoms with van der Waals surface area (Å²) in [6, 6.07) is 0. The molecule has 3 N–H and O–H groups in total. The number of hydrogen-bond donors (Lipinski definition) is 2. The van der Waals surface area contributed by atoms with Crippen molar-refractivity contribution in [2.75, 3.05) is 33.0 Å². The first kappa shape index (κ1) is 66.5. The summed E-state index contributed by atoms with van der Waals surface area (Å²) in [7, 11) is -4.29. The van der Waals surface area contributed by atoms with E-state index in [9.17, 15) is 14.3 Å². The monoisotopic (exact) mass is 978 g/mol. The number of esters is 1. The number of rotatable bonds is 56. The minimum Gasteiger partial charge on any atom is -0.457 e. The highest BCUT2D eigenvalue weighted by atomic mass is 31.2. The van der Waals surface area contributed by atoms with Gasteiger partial charge >= 0.3 is 13.8 Å². The van der Waals surface area contributed by atoms with Gasteiger partial charge in [-0.3, -0.25) is 13.8 Å². The first-order chi connectivity index (χ1) is 33.4. The second kappa shape index (κ2) is 56.4. The van der Waals surface area contributed by atoms with Gasteiger partial charge in [0.1, 0.15) is 6.10 Å². The number of unbranched alkanes of at least 4 members (excludes halogenated alkanes) is 35. The van der Waals surface area contributed by atoms with Gasteiger partial charge < -0.3 is 20.1 Å². The van der Waals surface area contributed by atoms with Gasteiger partial charge in [-0.15, -0.1) is 0 Å². The van der Waals surface area contributed by atoms with Crippen LogP contribution in [0.15, 0.2) is 48.6 Å². The molecule has 0 aliphatic heterocycles. The van der Waals surface area contributed by atoms with Crippen LogP contribution in [0, 0.1) is 0 Å². The number of allylic oxidation sites excluding steroid dienone is 8. The quantitative estimate of drug-likeness (QED) is 0.0268. The van der Waals surface area contributed by atoms with Crippen LogP contribution in [0.3, 0.4) is 0 Å². The van der Waals surface area contributed by atoms with Crippen LogP contribution in [0.5, 0.6) is 0 Å². The average Bonchev–Trinajstić information content (AvgIpc) is 3.33. The van der Waals surface area contributed by atoms with Crippen LogP contribution in [0.1, 0.15) is 284 Å². The number of ether oxygens (including phenoxy) is 2. The van der Waals surface area contributed by atoms with Gasteiger partial charge in [0.15, 0.2) is 0 Å². The van der Waals surface area contributed by atoms with E-state index >= 15 is 0 Å². The highest BCUT2D eigenvalue weighted by Gasteiger charge is 2.25. The summed E-state index contributed by atoms with van der Waals surface area (Å²) in [5.74, 6) is -0.329. The van der Waals surface area contributed by atoms with Gasteiger partial charge in [0.05, 0.1) is 19.8 Å². The van der Waals surface area contributed by atoms with Crippen molar-refractivity contribution in [1.82, 2.24) is 0 Å². The lowest BCUT2D eigenvalue weighted by molar-refractivity contribution is -0.154. The summed E-state index contributed by atoms with van der Waals surface area (Å²) in [4.78, 5) is 22.7. The zero-order valence-corrected chi connectivity index (χ0v) is 45.7. The van der Waals surface area contributed by atoms with Crippen molar-refractivity contribution in [3.05, 3.63) is 48.6 Å². The highest BCUT2D eigenvalue weighted by Crippen LogP contribution is 2.43. The van der Waals surface area contributed by atoms with E-state index in [1.165, 1.54) is 218 Å². The predicted molar refractivity (Wildman–Crippen MR) is 293 cm³/mol. The van der Waals surface area contributed by atoms with Gasteiger partial charge in [0.25, 0.3) is 0 Å². The fourth-order valence-corrected chi connectivity index (χ4v) is 9.18. The summed E-state index contributed by atoms with van der Waals surface area (Å²) in [5.41, 5.74) is 5.40. The van der Waals surface area contributed by atoms with Gasteiger partial charge in [-0.25, -0.2) is 4.57 Å². The maximum Gasteiger partial charge on any atom is 0.472 e. The van der Waals surface area contributed by atoms with Crippen molar-refractivity contribution < 1.29 is 32.8 Å². The number of phosphoric acid groups is 1. The van der Waals surface area contributed by atoms with Gasteiger partial charge in [0, 0.05) is 19.6 Å². The number of hydrogen-bond acceptors (Lipinski definition) is 7. The fourth-order valence-electron chi connectivity index (χ4n) is 8.41. The molecule has 2 atom stereocenters. The Morgan fingerprint density at radius 1 is 0.441 bits per heavy atom. The number of carbonyl (C=O) groups is 1. The average molecular weight is 979 g/mol. The first-order valence-corrected chi connectivity index (χ1v) is 30.6. The second-order valence-corrected chi connectivity index (χ2v) is 21.0. The molecule has 0 saturated heterocycles. The highest BCUT2D eigenvalue weighted by molar-refractivity contribution is 7.47. The normalized spacial score (nSPS) is 13.5. The molecule has 2 unspecified atom stereocenters. The van der Waals surface area contributed by atoms with E-state index in [4.69, 9.17) is 24.3 Å². The molecule has 0 radical (unpaired) electrons. The predicted octanol–water partition coefficient (Wildman–Crippen LogP) is 18.7. The Bertz CT molecular complexity index is 1190. The summed E-state index contributed by atoms with van der Waals surface area (Å²) in [6.07, 6.45) is 70.2. The molecule has 0 rings (SSSR count). The van der Waals surface area contributed by atoms with E-state index in [2.05, 4.69) is 62.5 Å². The van der Waals surface area contributed by atoms with Crippen LogP contribution < -0.4 is 5.73 Å². The third-order valence-corrected chi connectivity index (χ3v) is 13.7. The third-order valence-electron chi connectivity index (χ3n) is 12.7. The molecule has 0 aliphatic rings. The summed E-state index contributed by atoms with van der Waals surface area (Å²) in [6.45, 7) is 4.95. The van der Waals surface area contributed by atoms with E-state index in [0.717, 1.165) is 44.9 Å². The van der Waals surface area contributed by atoms with Crippen molar-refractivity contribution in [1.29, 1.82) is 0 Å². The largest absolute Gasteiger partial charge is 0.472 e. The number of nitrogens with two attached hydrogens (primary N) is 1. The van der Waals surface area contributed by atoms with Gasteiger partial charge in [0.2, 0.25) is 0 Å². The Labute approximate surface area is 421 Å². The maximum atomic E-state index is 12.7. The van der Waals surface area contributed by atoms with Crippen LogP contribution in [-0.2, 0) is 27.9 Å². The molecule has 0 amide bonds. The van der Waals surface area contributed by atoms with E-state index in [0.29, 0.717) is 13.0 Å². The van der Waals surface area contributed by atoms with E-state index < -0.39 is 13.9 Å². The summed E-state index contributed by atoms with van der Waals surface area (Å²) >= 11 is 0. The lowest BCUT2D eigenvalue weighted by Crippen LogP contribution is -2.28. The van der Waals surface area contributed by atoms with Crippen LogP contribution in [0.4, 0.5) is 0 Å². The van der Waals surface area contributed by atoms with Crippen LogP contribution in [0.25, 0.3) is 0 Å². The van der Waals surface area contributed by atoms with E-state index in [1.54, 1.807) is 0 Å². The van der Waals surface area contributed by atoms with Crippen molar-refractivity contribution >= 4 is 13.8 Å². The van der Waals surface area contributed by atoms with E-state index in [1.807, 2.05) is 0 Å². The fraction of sp³-hybridized carbons (Fsp3) is 0.847. The molecular weight excluding hydrogens is 866 g/mol. The smallest absolute Gasteiger partial charge is 0.457 e. The Kier molecular flexibility index (Phi) is 55.1. The molecule has 68 heavy (non-hydrogen) atoms. The maximum absolute atomic E-state index is 12.7. The molecule has 0 spiro atoms. The number of carbonyl (C=O) groups excluding carboxylic acids is 1. The van der Waals surface area contributed by atoms with Crippen LogP contribution >= 0.6 is 7.82 Å². The Hall–Kier alpha value is -1.54.